The molecule has 6 heteroatoms. The van der Waals surface area contributed by atoms with Crippen LogP contribution in [0.4, 0.5) is 13.2 Å². The van der Waals surface area contributed by atoms with E-state index in [-0.39, 0.29) is 24.8 Å². The van der Waals surface area contributed by atoms with Crippen molar-refractivity contribution in [2.75, 3.05) is 20.1 Å². The molecule has 1 N–H and O–H groups in total. The van der Waals surface area contributed by atoms with E-state index in [4.69, 9.17) is 0 Å². The van der Waals surface area contributed by atoms with Gasteiger partial charge in [0.05, 0.1) is 5.92 Å². The maximum Gasteiger partial charge on any atom is 0.391 e. The summed E-state index contributed by atoms with van der Waals surface area (Å²) in [5, 5.41) is 3.37. The lowest BCUT2D eigenvalue weighted by atomic mass is 9.80. The molecule has 0 aromatic rings. The van der Waals surface area contributed by atoms with Gasteiger partial charge in [0.15, 0.2) is 0 Å². The number of carbonyl (C=O) groups excluding carboxylic acids is 1. The third-order valence-corrected chi connectivity index (χ3v) is 4.77. The molecule has 1 amide bonds. The number of rotatable bonds is 3. The molecule has 1 aliphatic carbocycles. The number of halogens is 3. The van der Waals surface area contributed by atoms with Gasteiger partial charge in [-0.15, -0.1) is 0 Å². The van der Waals surface area contributed by atoms with Gasteiger partial charge < -0.3 is 10.2 Å². The highest BCUT2D eigenvalue weighted by Gasteiger charge is 2.44. The van der Waals surface area contributed by atoms with Crippen molar-refractivity contribution in [1.82, 2.24) is 10.2 Å². The molecular weight excluding hydrogens is 281 g/mol. The second-order valence-electron chi connectivity index (χ2n) is 6.47. The maximum atomic E-state index is 12.8. The van der Waals surface area contributed by atoms with E-state index in [0.29, 0.717) is 19.4 Å². The molecule has 2 fully saturated rings. The fraction of sp³-hybridized carbons (Fsp3) is 0.933. The molecule has 0 aromatic heterocycles. The molecule has 0 radical (unpaired) electrons. The van der Waals surface area contributed by atoms with Gasteiger partial charge in [-0.3, -0.25) is 4.79 Å². The van der Waals surface area contributed by atoms with Gasteiger partial charge in [0.25, 0.3) is 0 Å². The molecule has 21 heavy (non-hydrogen) atoms. The molecule has 2 aliphatic rings. The fourth-order valence-electron chi connectivity index (χ4n) is 3.52. The second-order valence-corrected chi connectivity index (χ2v) is 6.47. The van der Waals surface area contributed by atoms with Gasteiger partial charge in [0.2, 0.25) is 5.91 Å². The molecule has 1 saturated heterocycles. The van der Waals surface area contributed by atoms with Crippen LogP contribution in [0, 0.1) is 11.8 Å². The number of carbonyl (C=O) groups is 1. The maximum absolute atomic E-state index is 12.8. The lowest BCUT2D eigenvalue weighted by Gasteiger charge is -2.34. The quantitative estimate of drug-likeness (QED) is 0.869. The summed E-state index contributed by atoms with van der Waals surface area (Å²) in [6, 6.07) is 0.287. The van der Waals surface area contributed by atoms with E-state index in [1.54, 1.807) is 11.9 Å². The van der Waals surface area contributed by atoms with E-state index in [1.165, 1.54) is 0 Å². The van der Waals surface area contributed by atoms with E-state index in [9.17, 15) is 18.0 Å². The molecule has 122 valence electrons. The number of amides is 1. The van der Waals surface area contributed by atoms with Crippen molar-refractivity contribution in [3.8, 4) is 0 Å². The molecule has 2 rings (SSSR count). The molecule has 1 heterocycles. The average Bonchev–Trinajstić information content (AvgIpc) is 2.46. The molecule has 0 spiro atoms. The van der Waals surface area contributed by atoms with Gasteiger partial charge >= 0.3 is 6.18 Å². The van der Waals surface area contributed by atoms with Crippen molar-refractivity contribution in [3.63, 3.8) is 0 Å². The summed E-state index contributed by atoms with van der Waals surface area (Å²) in [4.78, 5) is 14.0. The summed E-state index contributed by atoms with van der Waals surface area (Å²) in [5.41, 5.74) is 0. The van der Waals surface area contributed by atoms with Crippen LogP contribution in [0.3, 0.4) is 0 Å². The predicted octanol–water partition coefficient (Wildman–Crippen LogP) is 2.96. The van der Waals surface area contributed by atoms with Gasteiger partial charge in [-0.2, -0.15) is 13.2 Å². The topological polar surface area (TPSA) is 32.3 Å². The van der Waals surface area contributed by atoms with E-state index in [0.717, 1.165) is 25.8 Å². The van der Waals surface area contributed by atoms with Gasteiger partial charge in [0.1, 0.15) is 0 Å². The summed E-state index contributed by atoms with van der Waals surface area (Å²) in [6.45, 7) is 1.57. The Bertz CT molecular complexity index is 353. The van der Waals surface area contributed by atoms with Crippen molar-refractivity contribution in [2.24, 2.45) is 11.8 Å². The number of hydrogen-bond acceptors (Lipinski definition) is 2. The molecule has 1 saturated carbocycles. The SMILES string of the molecule is CN(CC1CCCCN1)C(=O)C1CCCC(C(F)(F)F)C1. The largest absolute Gasteiger partial charge is 0.391 e. The molecule has 0 bridgehead atoms. The summed E-state index contributed by atoms with van der Waals surface area (Å²) in [6.07, 6.45) is 0.398. The first kappa shape index (κ1) is 16.6. The van der Waals surface area contributed by atoms with E-state index < -0.39 is 18.0 Å². The third kappa shape index (κ3) is 4.59. The third-order valence-electron chi connectivity index (χ3n) is 4.77. The summed E-state index contributed by atoms with van der Waals surface area (Å²) >= 11 is 0. The first-order chi connectivity index (χ1) is 9.88. The molecular formula is C15H25F3N2O. The van der Waals surface area contributed by atoms with Crippen molar-refractivity contribution >= 4 is 5.91 Å². The van der Waals surface area contributed by atoms with Gasteiger partial charge in [-0.1, -0.05) is 12.8 Å². The first-order valence-electron chi connectivity index (χ1n) is 7.93. The highest BCUT2D eigenvalue weighted by atomic mass is 19.4. The summed E-state index contributed by atoms with van der Waals surface area (Å²) in [7, 11) is 1.72. The zero-order chi connectivity index (χ0) is 15.5. The number of piperidine rings is 1. The molecule has 3 unspecified atom stereocenters. The van der Waals surface area contributed by atoms with Crippen LogP contribution in [0.15, 0.2) is 0 Å². The van der Waals surface area contributed by atoms with Crippen molar-refractivity contribution in [1.29, 1.82) is 0 Å². The van der Waals surface area contributed by atoms with Crippen LogP contribution in [-0.2, 0) is 4.79 Å². The van der Waals surface area contributed by atoms with Crippen LogP contribution >= 0.6 is 0 Å². The first-order valence-corrected chi connectivity index (χ1v) is 7.93. The predicted molar refractivity (Wildman–Crippen MR) is 74.8 cm³/mol. The van der Waals surface area contributed by atoms with Crippen LogP contribution in [0.25, 0.3) is 0 Å². The Morgan fingerprint density at radius 2 is 1.95 bits per heavy atom. The van der Waals surface area contributed by atoms with Crippen molar-refractivity contribution in [3.05, 3.63) is 0 Å². The Kier molecular flexibility index (Phi) is 5.52. The van der Waals surface area contributed by atoms with Crippen LogP contribution in [0.5, 0.6) is 0 Å². The highest BCUT2D eigenvalue weighted by molar-refractivity contribution is 5.78. The Hall–Kier alpha value is -0.780. The van der Waals surface area contributed by atoms with Crippen LogP contribution in [0.1, 0.15) is 44.9 Å². The molecule has 3 nitrogen and oxygen atoms in total. The lowest BCUT2D eigenvalue weighted by molar-refractivity contribution is -0.187. The number of nitrogens with one attached hydrogen (secondary N) is 1. The zero-order valence-corrected chi connectivity index (χ0v) is 12.6. The van der Waals surface area contributed by atoms with Crippen molar-refractivity contribution in [2.45, 2.75) is 57.2 Å². The van der Waals surface area contributed by atoms with Crippen molar-refractivity contribution < 1.29 is 18.0 Å². The molecule has 1 aliphatic heterocycles. The smallest absolute Gasteiger partial charge is 0.344 e. The fourth-order valence-corrected chi connectivity index (χ4v) is 3.52. The standard InChI is InChI=1S/C15H25F3N2O/c1-20(10-13-7-2-3-8-19-13)14(21)11-5-4-6-12(9-11)15(16,17)18/h11-13,19H,2-10H2,1H3. The zero-order valence-electron chi connectivity index (χ0n) is 12.6. The number of likely N-dealkylation sites (N-methyl/N-ethyl adjacent to an activating group) is 1. The number of alkyl halides is 3. The normalized spacial score (nSPS) is 31.0. The molecule has 3 atom stereocenters. The minimum atomic E-state index is -4.16. The highest BCUT2D eigenvalue weighted by Crippen LogP contribution is 2.40. The van der Waals surface area contributed by atoms with Gasteiger partial charge in [0, 0.05) is 25.6 Å². The Morgan fingerprint density at radius 1 is 1.19 bits per heavy atom. The minimum absolute atomic E-state index is 0.0369. The Balaban J connectivity index is 1.86. The number of hydrogen-bond donors (Lipinski definition) is 1. The van der Waals surface area contributed by atoms with Gasteiger partial charge in [-0.05, 0) is 38.6 Å². The summed E-state index contributed by atoms with van der Waals surface area (Å²) in [5.74, 6) is -1.88. The lowest BCUT2D eigenvalue weighted by Crippen LogP contribution is -2.46. The number of nitrogens with zero attached hydrogens (tertiary/aromatic N) is 1. The van der Waals surface area contributed by atoms with E-state index in [2.05, 4.69) is 5.32 Å². The minimum Gasteiger partial charge on any atom is -0.344 e. The average molecular weight is 306 g/mol. The Labute approximate surface area is 124 Å². The van der Waals surface area contributed by atoms with E-state index in [1.807, 2.05) is 0 Å². The van der Waals surface area contributed by atoms with Crippen LogP contribution in [0.2, 0.25) is 0 Å². The van der Waals surface area contributed by atoms with E-state index >= 15 is 0 Å². The molecule has 0 aromatic carbocycles. The monoisotopic (exact) mass is 306 g/mol. The van der Waals surface area contributed by atoms with Crippen LogP contribution < -0.4 is 5.32 Å². The summed E-state index contributed by atoms with van der Waals surface area (Å²) < 4.78 is 38.5. The van der Waals surface area contributed by atoms with Crippen LogP contribution in [-0.4, -0.2) is 43.2 Å². The Morgan fingerprint density at radius 3 is 2.57 bits per heavy atom. The second kappa shape index (κ2) is 6.99. The van der Waals surface area contributed by atoms with Gasteiger partial charge in [-0.25, -0.2) is 0 Å².